The second-order valence-corrected chi connectivity index (χ2v) is 6.46. The van der Waals surface area contributed by atoms with Gasteiger partial charge in [0, 0.05) is 25.7 Å². The van der Waals surface area contributed by atoms with Gasteiger partial charge in [-0.3, -0.25) is 4.79 Å². The van der Waals surface area contributed by atoms with Gasteiger partial charge in [0.25, 0.3) is 0 Å². The Balaban J connectivity index is 2.22. The molecule has 0 aromatic heterocycles. The van der Waals surface area contributed by atoms with E-state index in [1.165, 1.54) is 0 Å². The zero-order valence-electron chi connectivity index (χ0n) is 14.1. The summed E-state index contributed by atoms with van der Waals surface area (Å²) in [5.41, 5.74) is 5.97. The third-order valence-electron chi connectivity index (χ3n) is 4.35. The molecule has 1 amide bonds. The van der Waals surface area contributed by atoms with Crippen LogP contribution in [0, 0.1) is 5.92 Å². The molecule has 0 aromatic carbocycles. The minimum atomic E-state index is -0.382. The topological polar surface area (TPSA) is 67.6 Å². The molecular formula is C16H33N3O2. The van der Waals surface area contributed by atoms with Crippen LogP contribution in [0.5, 0.6) is 0 Å². The summed E-state index contributed by atoms with van der Waals surface area (Å²) in [4.78, 5) is 14.5. The molecule has 1 rings (SSSR count). The van der Waals surface area contributed by atoms with E-state index in [0.29, 0.717) is 6.10 Å². The molecule has 5 nitrogen and oxygen atoms in total. The predicted octanol–water partition coefficient (Wildman–Crippen LogP) is 1.37. The maximum Gasteiger partial charge on any atom is 0.237 e. The molecular weight excluding hydrogens is 266 g/mol. The monoisotopic (exact) mass is 299 g/mol. The fourth-order valence-electron chi connectivity index (χ4n) is 2.53. The van der Waals surface area contributed by atoms with Crippen LogP contribution in [0.3, 0.4) is 0 Å². The van der Waals surface area contributed by atoms with Gasteiger partial charge in [-0.1, -0.05) is 20.3 Å². The van der Waals surface area contributed by atoms with Crippen molar-refractivity contribution in [1.29, 1.82) is 0 Å². The van der Waals surface area contributed by atoms with E-state index >= 15 is 0 Å². The average molecular weight is 299 g/mol. The Morgan fingerprint density at radius 1 is 1.33 bits per heavy atom. The molecule has 1 heterocycles. The molecule has 0 bridgehead atoms. The number of nitrogens with zero attached hydrogens (tertiary/aromatic N) is 1. The van der Waals surface area contributed by atoms with E-state index in [1.807, 2.05) is 6.92 Å². The molecule has 124 valence electrons. The standard InChI is InChI=1S/C16H33N3O2/c1-5-13(4)15(17)16(20)18-14-6-8-19(9-7-14)10-11-21-12(2)3/h12-15H,5-11,17H2,1-4H3,(H,18,20). The lowest BCUT2D eigenvalue weighted by atomic mass is 9.98. The number of hydrogen-bond donors (Lipinski definition) is 2. The molecule has 0 saturated carbocycles. The first-order valence-corrected chi connectivity index (χ1v) is 8.34. The molecule has 1 aliphatic rings. The van der Waals surface area contributed by atoms with Crippen molar-refractivity contribution in [3.63, 3.8) is 0 Å². The largest absolute Gasteiger partial charge is 0.377 e. The van der Waals surface area contributed by atoms with Gasteiger partial charge in [-0.05, 0) is 32.6 Å². The Bertz CT molecular complexity index is 302. The fraction of sp³-hybridized carbons (Fsp3) is 0.938. The molecule has 21 heavy (non-hydrogen) atoms. The number of hydrogen-bond acceptors (Lipinski definition) is 4. The normalized spacial score (nSPS) is 20.5. The van der Waals surface area contributed by atoms with Gasteiger partial charge >= 0.3 is 0 Å². The second kappa shape index (κ2) is 9.38. The maximum atomic E-state index is 12.1. The van der Waals surface area contributed by atoms with Gasteiger partial charge in [-0.2, -0.15) is 0 Å². The Hall–Kier alpha value is -0.650. The van der Waals surface area contributed by atoms with Crippen molar-refractivity contribution >= 4 is 5.91 Å². The Morgan fingerprint density at radius 3 is 2.48 bits per heavy atom. The summed E-state index contributed by atoms with van der Waals surface area (Å²) in [6, 6.07) is -0.109. The molecule has 2 unspecified atom stereocenters. The number of nitrogens with two attached hydrogens (primary N) is 1. The zero-order chi connectivity index (χ0) is 15.8. The van der Waals surface area contributed by atoms with Gasteiger partial charge in [-0.25, -0.2) is 0 Å². The van der Waals surface area contributed by atoms with E-state index in [4.69, 9.17) is 10.5 Å². The van der Waals surface area contributed by atoms with Crippen LogP contribution in [0.15, 0.2) is 0 Å². The SMILES string of the molecule is CCC(C)C(N)C(=O)NC1CCN(CCOC(C)C)CC1. The number of carbonyl (C=O) groups excluding carboxylic acids is 1. The quantitative estimate of drug-likeness (QED) is 0.710. The van der Waals surface area contributed by atoms with Crippen LogP contribution in [0.4, 0.5) is 0 Å². The highest BCUT2D eigenvalue weighted by Crippen LogP contribution is 2.12. The summed E-state index contributed by atoms with van der Waals surface area (Å²) in [5.74, 6) is 0.240. The molecule has 0 aromatic rings. The van der Waals surface area contributed by atoms with Crippen LogP contribution in [0.1, 0.15) is 47.0 Å². The summed E-state index contributed by atoms with van der Waals surface area (Å²) < 4.78 is 5.58. The van der Waals surface area contributed by atoms with Gasteiger partial charge in [0.1, 0.15) is 0 Å². The minimum Gasteiger partial charge on any atom is -0.377 e. The molecule has 5 heteroatoms. The van der Waals surface area contributed by atoms with Gasteiger partial charge in [0.15, 0.2) is 0 Å². The van der Waals surface area contributed by atoms with Crippen molar-refractivity contribution in [3.05, 3.63) is 0 Å². The lowest BCUT2D eigenvalue weighted by Gasteiger charge is -2.33. The molecule has 1 fully saturated rings. The number of amides is 1. The number of nitrogens with one attached hydrogen (secondary N) is 1. The first-order chi connectivity index (χ1) is 9.93. The van der Waals surface area contributed by atoms with Gasteiger partial charge in [-0.15, -0.1) is 0 Å². The van der Waals surface area contributed by atoms with E-state index in [1.54, 1.807) is 0 Å². The fourth-order valence-corrected chi connectivity index (χ4v) is 2.53. The summed E-state index contributed by atoms with van der Waals surface area (Å²) in [5, 5.41) is 3.11. The molecule has 2 atom stereocenters. The van der Waals surface area contributed by atoms with E-state index in [9.17, 15) is 4.79 Å². The number of piperidine rings is 1. The molecule has 0 aliphatic carbocycles. The number of ether oxygens (including phenoxy) is 1. The van der Waals surface area contributed by atoms with Crippen molar-refractivity contribution in [2.75, 3.05) is 26.2 Å². The minimum absolute atomic E-state index is 0.00550. The van der Waals surface area contributed by atoms with Gasteiger partial charge < -0.3 is 20.7 Å². The van der Waals surface area contributed by atoms with E-state index in [-0.39, 0.29) is 23.9 Å². The van der Waals surface area contributed by atoms with Crippen LogP contribution >= 0.6 is 0 Å². The second-order valence-electron chi connectivity index (χ2n) is 6.46. The summed E-state index contributed by atoms with van der Waals surface area (Å²) in [6.45, 7) is 12.0. The number of rotatable bonds is 8. The number of likely N-dealkylation sites (tertiary alicyclic amines) is 1. The van der Waals surface area contributed by atoms with Crippen molar-refractivity contribution in [1.82, 2.24) is 10.2 Å². The van der Waals surface area contributed by atoms with Crippen molar-refractivity contribution < 1.29 is 9.53 Å². The predicted molar refractivity (Wildman–Crippen MR) is 86.1 cm³/mol. The number of carbonyl (C=O) groups is 1. The van der Waals surface area contributed by atoms with Crippen molar-refractivity contribution in [3.8, 4) is 0 Å². The highest BCUT2D eigenvalue weighted by molar-refractivity contribution is 5.82. The van der Waals surface area contributed by atoms with E-state index < -0.39 is 0 Å². The average Bonchev–Trinajstić information content (AvgIpc) is 2.47. The lowest BCUT2D eigenvalue weighted by molar-refractivity contribution is -0.124. The molecule has 3 N–H and O–H groups in total. The van der Waals surface area contributed by atoms with Crippen LogP contribution in [0.2, 0.25) is 0 Å². The first kappa shape index (κ1) is 18.4. The van der Waals surface area contributed by atoms with Gasteiger partial charge in [0.05, 0.1) is 18.8 Å². The van der Waals surface area contributed by atoms with Crippen molar-refractivity contribution in [2.24, 2.45) is 11.7 Å². The molecule has 0 spiro atoms. The van der Waals surface area contributed by atoms with Crippen molar-refractivity contribution in [2.45, 2.75) is 65.1 Å². The maximum absolute atomic E-state index is 12.1. The Labute approximate surface area is 129 Å². The van der Waals surface area contributed by atoms with Crippen LogP contribution in [0.25, 0.3) is 0 Å². The lowest BCUT2D eigenvalue weighted by Crippen LogP contribution is -2.51. The Morgan fingerprint density at radius 2 is 1.95 bits per heavy atom. The summed E-state index contributed by atoms with van der Waals surface area (Å²) >= 11 is 0. The van der Waals surface area contributed by atoms with Crippen LogP contribution in [-0.2, 0) is 9.53 Å². The van der Waals surface area contributed by atoms with Crippen LogP contribution < -0.4 is 11.1 Å². The summed E-state index contributed by atoms with van der Waals surface area (Å²) in [7, 11) is 0. The third-order valence-corrected chi connectivity index (χ3v) is 4.35. The third kappa shape index (κ3) is 6.76. The molecule has 0 radical (unpaired) electrons. The first-order valence-electron chi connectivity index (χ1n) is 8.34. The highest BCUT2D eigenvalue weighted by Gasteiger charge is 2.24. The van der Waals surface area contributed by atoms with E-state index in [0.717, 1.165) is 45.5 Å². The highest BCUT2D eigenvalue weighted by atomic mass is 16.5. The zero-order valence-corrected chi connectivity index (χ0v) is 14.1. The van der Waals surface area contributed by atoms with Gasteiger partial charge in [0.2, 0.25) is 5.91 Å². The smallest absolute Gasteiger partial charge is 0.237 e. The van der Waals surface area contributed by atoms with E-state index in [2.05, 4.69) is 31.0 Å². The molecule has 1 saturated heterocycles. The van der Waals surface area contributed by atoms with Crippen LogP contribution in [-0.4, -0.2) is 55.2 Å². The molecule has 1 aliphatic heterocycles. The Kier molecular flexibility index (Phi) is 8.22. The summed E-state index contributed by atoms with van der Waals surface area (Å²) in [6.07, 6.45) is 3.23.